The van der Waals surface area contributed by atoms with Crippen LogP contribution in [0.25, 0.3) is 0 Å². The summed E-state index contributed by atoms with van der Waals surface area (Å²) in [6, 6.07) is 0. The van der Waals surface area contributed by atoms with Gasteiger partial charge in [-0.25, -0.2) is 0 Å². The Hall–Kier alpha value is 0.480. The third-order valence-electron chi connectivity index (χ3n) is 5.54. The predicted octanol–water partition coefficient (Wildman–Crippen LogP) is 7.74. The number of rotatable bonds is 9. The van der Waals surface area contributed by atoms with Crippen LogP contribution in [0.1, 0.15) is 105 Å². The third-order valence-corrected chi connectivity index (χ3v) is 6.75. The Morgan fingerprint density at radius 1 is 0.857 bits per heavy atom. The van der Waals surface area contributed by atoms with Crippen molar-refractivity contribution in [1.29, 1.82) is 0 Å². The van der Waals surface area contributed by atoms with E-state index in [-0.39, 0.29) is 0 Å². The lowest BCUT2D eigenvalue weighted by molar-refractivity contribution is 0.141. The summed E-state index contributed by atoms with van der Waals surface area (Å²) in [5, 5.41) is 0. The molecular formula is C20H39Br. The zero-order chi connectivity index (χ0) is 15.7. The van der Waals surface area contributed by atoms with Gasteiger partial charge in [0.2, 0.25) is 0 Å². The second-order valence-electron chi connectivity index (χ2n) is 8.42. The largest absolute Gasteiger partial charge is 0.0888 e. The van der Waals surface area contributed by atoms with E-state index in [4.69, 9.17) is 0 Å². The molecule has 21 heavy (non-hydrogen) atoms. The van der Waals surface area contributed by atoms with Gasteiger partial charge in [-0.2, -0.15) is 0 Å². The Kier molecular flexibility index (Phi) is 9.57. The van der Waals surface area contributed by atoms with Crippen LogP contribution < -0.4 is 0 Å². The van der Waals surface area contributed by atoms with E-state index in [1.165, 1.54) is 77.0 Å². The van der Waals surface area contributed by atoms with E-state index >= 15 is 0 Å². The van der Waals surface area contributed by atoms with Crippen molar-refractivity contribution >= 4 is 15.9 Å². The molecule has 0 aromatic carbocycles. The van der Waals surface area contributed by atoms with E-state index in [0.717, 1.165) is 16.7 Å². The summed E-state index contributed by atoms with van der Waals surface area (Å²) < 4.78 is 0. The maximum atomic E-state index is 3.96. The minimum Gasteiger partial charge on any atom is -0.0888 e. The summed E-state index contributed by atoms with van der Waals surface area (Å²) in [5.74, 6) is 1.87. The molecule has 1 heteroatoms. The average molecular weight is 359 g/mol. The van der Waals surface area contributed by atoms with Crippen LogP contribution in [0.5, 0.6) is 0 Å². The van der Waals surface area contributed by atoms with E-state index in [2.05, 4.69) is 43.6 Å². The predicted molar refractivity (Wildman–Crippen MR) is 100 cm³/mol. The van der Waals surface area contributed by atoms with Gasteiger partial charge in [0.05, 0.1) is 0 Å². The molecule has 0 nitrogen and oxygen atoms in total. The highest BCUT2D eigenvalue weighted by Crippen LogP contribution is 2.44. The van der Waals surface area contributed by atoms with E-state index in [0.29, 0.717) is 5.41 Å². The number of alkyl halides is 1. The number of halogens is 1. The summed E-state index contributed by atoms with van der Waals surface area (Å²) in [6.45, 7) is 9.59. The molecule has 0 saturated heterocycles. The maximum Gasteiger partial charge on any atom is 0.0174 e. The zero-order valence-electron chi connectivity index (χ0n) is 15.1. The molecule has 0 aromatic rings. The minimum atomic E-state index is 0.505. The van der Waals surface area contributed by atoms with Gasteiger partial charge in [-0.05, 0) is 42.9 Å². The molecule has 1 saturated carbocycles. The molecule has 1 fully saturated rings. The van der Waals surface area contributed by atoms with Crippen LogP contribution in [0.15, 0.2) is 0 Å². The highest BCUT2D eigenvalue weighted by molar-refractivity contribution is 9.09. The van der Waals surface area contributed by atoms with Crippen LogP contribution in [-0.4, -0.2) is 4.83 Å². The molecule has 0 aromatic heterocycles. The van der Waals surface area contributed by atoms with E-state index < -0.39 is 0 Å². The van der Waals surface area contributed by atoms with Crippen LogP contribution in [0.2, 0.25) is 0 Å². The van der Waals surface area contributed by atoms with Gasteiger partial charge in [0.1, 0.15) is 0 Å². The van der Waals surface area contributed by atoms with Gasteiger partial charge in [-0.1, -0.05) is 95.0 Å². The SMILES string of the molecule is CCCCCCCCCCC1CC(C(C)(C)C)CCC1Br. The Morgan fingerprint density at radius 3 is 2.00 bits per heavy atom. The van der Waals surface area contributed by atoms with Crippen LogP contribution in [-0.2, 0) is 0 Å². The number of hydrogen-bond donors (Lipinski definition) is 0. The van der Waals surface area contributed by atoms with Crippen LogP contribution in [0.3, 0.4) is 0 Å². The Bertz CT molecular complexity index is 253. The van der Waals surface area contributed by atoms with Crippen molar-refractivity contribution in [1.82, 2.24) is 0 Å². The number of hydrogen-bond acceptors (Lipinski definition) is 0. The Labute approximate surface area is 143 Å². The molecule has 1 rings (SSSR count). The number of unbranched alkanes of at least 4 members (excludes halogenated alkanes) is 7. The molecule has 0 radical (unpaired) electrons. The molecule has 3 unspecified atom stereocenters. The first kappa shape index (κ1) is 19.5. The summed E-state index contributed by atoms with van der Waals surface area (Å²) in [7, 11) is 0. The topological polar surface area (TPSA) is 0 Å². The fourth-order valence-corrected chi connectivity index (χ4v) is 4.60. The van der Waals surface area contributed by atoms with Crippen molar-refractivity contribution in [2.45, 2.75) is 110 Å². The highest BCUT2D eigenvalue weighted by Gasteiger charge is 2.34. The van der Waals surface area contributed by atoms with Crippen LogP contribution >= 0.6 is 15.9 Å². The molecule has 0 amide bonds. The van der Waals surface area contributed by atoms with Gasteiger partial charge in [0.25, 0.3) is 0 Å². The molecule has 0 bridgehead atoms. The van der Waals surface area contributed by atoms with Crippen molar-refractivity contribution in [2.75, 3.05) is 0 Å². The first-order valence-corrected chi connectivity index (χ1v) is 10.5. The third kappa shape index (κ3) is 8.05. The van der Waals surface area contributed by atoms with Crippen LogP contribution in [0.4, 0.5) is 0 Å². The summed E-state index contributed by atoms with van der Waals surface area (Å²) >= 11 is 3.96. The summed E-state index contributed by atoms with van der Waals surface area (Å²) in [6.07, 6.45) is 17.3. The molecule has 1 aliphatic rings. The summed E-state index contributed by atoms with van der Waals surface area (Å²) in [5.41, 5.74) is 0.505. The molecule has 126 valence electrons. The fraction of sp³-hybridized carbons (Fsp3) is 1.00. The van der Waals surface area contributed by atoms with Crippen molar-refractivity contribution in [3.05, 3.63) is 0 Å². The van der Waals surface area contributed by atoms with E-state index in [1.807, 2.05) is 0 Å². The van der Waals surface area contributed by atoms with Gasteiger partial charge >= 0.3 is 0 Å². The first-order valence-electron chi connectivity index (χ1n) is 9.59. The average Bonchev–Trinajstić information content (AvgIpc) is 2.42. The first-order chi connectivity index (χ1) is 9.95. The van der Waals surface area contributed by atoms with E-state index in [1.54, 1.807) is 0 Å². The molecule has 0 heterocycles. The quantitative estimate of drug-likeness (QED) is 0.292. The minimum absolute atomic E-state index is 0.505. The van der Waals surface area contributed by atoms with E-state index in [9.17, 15) is 0 Å². The molecule has 0 N–H and O–H groups in total. The molecule has 3 atom stereocenters. The van der Waals surface area contributed by atoms with Gasteiger partial charge in [0.15, 0.2) is 0 Å². The zero-order valence-corrected chi connectivity index (χ0v) is 16.7. The normalized spacial score (nSPS) is 27.0. The second kappa shape index (κ2) is 10.3. The fourth-order valence-electron chi connectivity index (χ4n) is 3.85. The molecule has 0 spiro atoms. The highest BCUT2D eigenvalue weighted by atomic mass is 79.9. The van der Waals surface area contributed by atoms with Gasteiger partial charge < -0.3 is 0 Å². The second-order valence-corrected chi connectivity index (χ2v) is 9.59. The summed E-state index contributed by atoms with van der Waals surface area (Å²) in [4.78, 5) is 0.792. The lowest BCUT2D eigenvalue weighted by atomic mass is 9.68. The Morgan fingerprint density at radius 2 is 1.43 bits per heavy atom. The maximum absolute atomic E-state index is 3.96. The smallest absolute Gasteiger partial charge is 0.0174 e. The molecular weight excluding hydrogens is 320 g/mol. The molecule has 1 aliphatic carbocycles. The van der Waals surface area contributed by atoms with Crippen molar-refractivity contribution in [3.8, 4) is 0 Å². The Balaban J connectivity index is 2.12. The van der Waals surface area contributed by atoms with Gasteiger partial charge in [-0.3, -0.25) is 0 Å². The van der Waals surface area contributed by atoms with Gasteiger partial charge in [-0.15, -0.1) is 0 Å². The molecule has 0 aliphatic heterocycles. The lowest BCUT2D eigenvalue weighted by Crippen LogP contribution is -2.32. The van der Waals surface area contributed by atoms with Crippen molar-refractivity contribution in [3.63, 3.8) is 0 Å². The van der Waals surface area contributed by atoms with Crippen LogP contribution in [0, 0.1) is 17.3 Å². The van der Waals surface area contributed by atoms with Crippen molar-refractivity contribution < 1.29 is 0 Å². The van der Waals surface area contributed by atoms with Gasteiger partial charge in [0, 0.05) is 4.83 Å². The standard InChI is InChI=1S/C20H39Br/c1-5-6-7-8-9-10-11-12-13-17-16-18(20(2,3)4)14-15-19(17)21/h17-19H,5-16H2,1-4H3. The van der Waals surface area contributed by atoms with Crippen molar-refractivity contribution in [2.24, 2.45) is 17.3 Å². The lowest BCUT2D eigenvalue weighted by Gasteiger charge is -2.40. The monoisotopic (exact) mass is 358 g/mol.